The molecular formula is C23H26N6O2S. The van der Waals surface area contributed by atoms with Gasteiger partial charge in [0, 0.05) is 18.7 Å². The number of anilines is 1. The van der Waals surface area contributed by atoms with Crippen molar-refractivity contribution in [3.8, 4) is 11.5 Å². The summed E-state index contributed by atoms with van der Waals surface area (Å²) in [5.41, 5.74) is 2.11. The quantitative estimate of drug-likeness (QED) is 0.371. The Morgan fingerprint density at radius 3 is 2.59 bits per heavy atom. The van der Waals surface area contributed by atoms with E-state index < -0.39 is 0 Å². The Hall–Kier alpha value is -3.07. The first kappa shape index (κ1) is 20.8. The Bertz CT molecular complexity index is 1140. The fraction of sp³-hybridized carbons (Fsp3) is 0.391. The van der Waals surface area contributed by atoms with Crippen LogP contribution in [0.25, 0.3) is 11.5 Å². The van der Waals surface area contributed by atoms with Gasteiger partial charge in [-0.05, 0) is 49.9 Å². The summed E-state index contributed by atoms with van der Waals surface area (Å²) in [6, 6.07) is 11.9. The third-order valence-corrected chi connectivity index (χ3v) is 6.70. The van der Waals surface area contributed by atoms with Crippen LogP contribution in [-0.4, -0.2) is 38.1 Å². The maximum atomic E-state index is 5.88. The Balaban J connectivity index is 1.33. The molecule has 1 aliphatic heterocycles. The van der Waals surface area contributed by atoms with Crippen LogP contribution in [0.2, 0.25) is 0 Å². The van der Waals surface area contributed by atoms with Crippen LogP contribution in [0.4, 0.5) is 5.95 Å². The molecule has 3 aromatic heterocycles. The Labute approximate surface area is 191 Å². The number of thioether (sulfide) groups is 1. The van der Waals surface area contributed by atoms with Gasteiger partial charge < -0.3 is 13.7 Å². The first-order valence-corrected chi connectivity index (χ1v) is 11.9. The van der Waals surface area contributed by atoms with E-state index in [-0.39, 0.29) is 0 Å². The lowest BCUT2D eigenvalue weighted by Gasteiger charge is -2.31. The minimum Gasteiger partial charge on any atom is -0.467 e. The minimum atomic E-state index is 0.520. The molecule has 32 heavy (non-hydrogen) atoms. The summed E-state index contributed by atoms with van der Waals surface area (Å²) in [6.45, 7) is 6.93. The first-order valence-electron chi connectivity index (χ1n) is 10.9. The molecular weight excluding hydrogens is 424 g/mol. The van der Waals surface area contributed by atoms with E-state index in [1.165, 1.54) is 18.4 Å². The largest absolute Gasteiger partial charge is 0.467 e. The van der Waals surface area contributed by atoms with Gasteiger partial charge in [0.15, 0.2) is 5.16 Å². The number of furan rings is 1. The van der Waals surface area contributed by atoms with Crippen molar-refractivity contribution in [2.75, 3.05) is 18.0 Å². The number of hydrogen-bond donors (Lipinski definition) is 0. The van der Waals surface area contributed by atoms with Crippen LogP contribution in [0.15, 0.2) is 56.7 Å². The van der Waals surface area contributed by atoms with Crippen LogP contribution in [0.5, 0.6) is 0 Å². The van der Waals surface area contributed by atoms with Crippen molar-refractivity contribution in [2.45, 2.75) is 44.1 Å². The molecule has 4 heterocycles. The van der Waals surface area contributed by atoms with Crippen LogP contribution in [0.1, 0.15) is 37.0 Å². The van der Waals surface area contributed by atoms with E-state index in [1.807, 2.05) is 36.4 Å². The zero-order valence-electron chi connectivity index (χ0n) is 18.3. The van der Waals surface area contributed by atoms with Gasteiger partial charge in [-0.1, -0.05) is 36.4 Å². The van der Waals surface area contributed by atoms with E-state index in [0.29, 0.717) is 24.1 Å². The third kappa shape index (κ3) is 4.57. The molecule has 166 valence electrons. The highest BCUT2D eigenvalue weighted by Gasteiger charge is 2.23. The topological polar surface area (TPSA) is 86.0 Å². The summed E-state index contributed by atoms with van der Waals surface area (Å²) in [6.07, 6.45) is 4.03. The average molecular weight is 451 g/mol. The standard InChI is InChI=1S/C23H26N6O2S/c1-16-5-7-18(8-6-16)21-25-24-20(31-21)15-32-23-27-26-22(28-11-9-17(2)10-12-28)29(23)14-19-4-3-13-30-19/h3-8,13,17H,9-12,14-15H2,1-2H3. The number of piperidine rings is 1. The van der Waals surface area contributed by atoms with Gasteiger partial charge in [0.25, 0.3) is 0 Å². The van der Waals surface area contributed by atoms with Crippen molar-refractivity contribution in [1.82, 2.24) is 25.0 Å². The maximum absolute atomic E-state index is 5.88. The SMILES string of the molecule is Cc1ccc(-c2nnc(CSc3nnc(N4CCC(C)CC4)n3Cc3ccco3)o2)cc1. The van der Waals surface area contributed by atoms with E-state index in [1.54, 1.807) is 18.0 Å². The molecule has 0 saturated carbocycles. The van der Waals surface area contributed by atoms with Crippen LogP contribution in [-0.2, 0) is 12.3 Å². The number of aryl methyl sites for hydroxylation is 1. The molecule has 1 aliphatic rings. The van der Waals surface area contributed by atoms with Crippen molar-refractivity contribution in [1.29, 1.82) is 0 Å². The second kappa shape index (κ2) is 9.20. The second-order valence-electron chi connectivity index (χ2n) is 8.27. The Kier molecular flexibility index (Phi) is 5.98. The molecule has 1 fully saturated rings. The number of benzene rings is 1. The van der Waals surface area contributed by atoms with Gasteiger partial charge in [-0.2, -0.15) is 0 Å². The molecule has 9 heteroatoms. The van der Waals surface area contributed by atoms with Crippen molar-refractivity contribution < 1.29 is 8.83 Å². The summed E-state index contributed by atoms with van der Waals surface area (Å²) in [4.78, 5) is 2.32. The highest BCUT2D eigenvalue weighted by atomic mass is 32.2. The van der Waals surface area contributed by atoms with E-state index in [9.17, 15) is 0 Å². The lowest BCUT2D eigenvalue weighted by Crippen LogP contribution is -2.35. The number of rotatable bonds is 7. The summed E-state index contributed by atoms with van der Waals surface area (Å²) in [7, 11) is 0. The Morgan fingerprint density at radius 1 is 1.03 bits per heavy atom. The fourth-order valence-electron chi connectivity index (χ4n) is 3.78. The average Bonchev–Trinajstić information content (AvgIpc) is 3.56. The summed E-state index contributed by atoms with van der Waals surface area (Å²) in [5, 5.41) is 18.2. The molecule has 1 saturated heterocycles. The minimum absolute atomic E-state index is 0.520. The predicted molar refractivity (Wildman–Crippen MR) is 122 cm³/mol. The van der Waals surface area contributed by atoms with Gasteiger partial charge in [0.1, 0.15) is 5.76 Å². The van der Waals surface area contributed by atoms with Crippen LogP contribution < -0.4 is 4.90 Å². The highest BCUT2D eigenvalue weighted by molar-refractivity contribution is 7.98. The van der Waals surface area contributed by atoms with Crippen molar-refractivity contribution >= 4 is 17.7 Å². The van der Waals surface area contributed by atoms with Crippen molar-refractivity contribution in [3.63, 3.8) is 0 Å². The number of aromatic nitrogens is 5. The van der Waals surface area contributed by atoms with E-state index in [0.717, 1.165) is 41.4 Å². The van der Waals surface area contributed by atoms with Crippen molar-refractivity contribution in [3.05, 3.63) is 59.9 Å². The fourth-order valence-corrected chi connectivity index (χ4v) is 4.55. The molecule has 0 radical (unpaired) electrons. The van der Waals surface area contributed by atoms with Gasteiger partial charge in [0.2, 0.25) is 17.7 Å². The highest BCUT2D eigenvalue weighted by Crippen LogP contribution is 2.29. The maximum Gasteiger partial charge on any atom is 0.247 e. The zero-order chi connectivity index (χ0) is 21.9. The van der Waals surface area contributed by atoms with Gasteiger partial charge in [-0.15, -0.1) is 20.4 Å². The number of hydrogen-bond acceptors (Lipinski definition) is 8. The molecule has 1 aromatic carbocycles. The first-order chi connectivity index (χ1) is 15.7. The molecule has 0 unspecified atom stereocenters. The smallest absolute Gasteiger partial charge is 0.247 e. The summed E-state index contributed by atoms with van der Waals surface area (Å²) >= 11 is 1.54. The predicted octanol–water partition coefficient (Wildman–Crippen LogP) is 4.81. The van der Waals surface area contributed by atoms with Crippen LogP contribution >= 0.6 is 11.8 Å². The normalized spacial score (nSPS) is 14.9. The summed E-state index contributed by atoms with van der Waals surface area (Å²) in [5.74, 6) is 4.13. The lowest BCUT2D eigenvalue weighted by molar-refractivity contribution is 0.427. The molecule has 0 spiro atoms. The van der Waals surface area contributed by atoms with Crippen LogP contribution in [0, 0.1) is 12.8 Å². The van der Waals surface area contributed by atoms with E-state index in [2.05, 4.69) is 43.7 Å². The van der Waals surface area contributed by atoms with Crippen LogP contribution in [0.3, 0.4) is 0 Å². The van der Waals surface area contributed by atoms with Crippen molar-refractivity contribution in [2.24, 2.45) is 5.92 Å². The molecule has 0 N–H and O–H groups in total. The lowest BCUT2D eigenvalue weighted by atomic mass is 10.00. The second-order valence-corrected chi connectivity index (χ2v) is 9.22. The number of nitrogens with zero attached hydrogens (tertiary/aromatic N) is 6. The third-order valence-electron chi connectivity index (χ3n) is 5.75. The molecule has 0 atom stereocenters. The van der Waals surface area contributed by atoms with E-state index >= 15 is 0 Å². The van der Waals surface area contributed by atoms with Gasteiger partial charge in [0.05, 0.1) is 18.6 Å². The van der Waals surface area contributed by atoms with E-state index in [4.69, 9.17) is 8.83 Å². The molecule has 0 aliphatic carbocycles. The van der Waals surface area contributed by atoms with Gasteiger partial charge in [-0.3, -0.25) is 4.57 Å². The Morgan fingerprint density at radius 2 is 1.84 bits per heavy atom. The molecule has 5 rings (SSSR count). The molecule has 4 aromatic rings. The van der Waals surface area contributed by atoms with Gasteiger partial charge in [-0.25, -0.2) is 0 Å². The summed E-state index contributed by atoms with van der Waals surface area (Å²) < 4.78 is 13.6. The molecule has 0 amide bonds. The molecule has 0 bridgehead atoms. The van der Waals surface area contributed by atoms with Gasteiger partial charge >= 0.3 is 0 Å². The molecule has 8 nitrogen and oxygen atoms in total. The zero-order valence-corrected chi connectivity index (χ0v) is 19.1. The monoisotopic (exact) mass is 450 g/mol.